The molecule has 1 amide bonds. The average molecular weight is 323 g/mol. The molecule has 19 heavy (non-hydrogen) atoms. The zero-order valence-corrected chi connectivity index (χ0v) is 12.8. The number of nitrogens with zero attached hydrogens (tertiary/aromatic N) is 1. The molecule has 102 valence electrons. The fraction of sp³-hybridized carbons (Fsp3) is 0.533. The van der Waals surface area contributed by atoms with E-state index in [9.17, 15) is 4.79 Å². The number of hydrogen-bond acceptors (Lipinski definition) is 2. The van der Waals surface area contributed by atoms with Crippen molar-refractivity contribution in [2.75, 3.05) is 24.5 Å². The summed E-state index contributed by atoms with van der Waals surface area (Å²) < 4.78 is 1.07. The van der Waals surface area contributed by atoms with Gasteiger partial charge < -0.3 is 10.2 Å². The minimum Gasteiger partial charge on any atom is -0.317 e. The number of piperidine rings is 1. The highest BCUT2D eigenvalue weighted by atomic mass is 79.9. The van der Waals surface area contributed by atoms with Crippen LogP contribution >= 0.6 is 15.9 Å². The van der Waals surface area contributed by atoms with Crippen molar-refractivity contribution in [3.05, 3.63) is 28.2 Å². The monoisotopic (exact) mass is 322 g/mol. The average Bonchev–Trinajstić information content (AvgIpc) is 2.72. The van der Waals surface area contributed by atoms with Gasteiger partial charge in [-0.3, -0.25) is 4.79 Å². The Morgan fingerprint density at radius 2 is 2.00 bits per heavy atom. The maximum atomic E-state index is 12.8. The summed E-state index contributed by atoms with van der Waals surface area (Å²) in [5.74, 6) is 0.324. The largest absolute Gasteiger partial charge is 0.317 e. The van der Waals surface area contributed by atoms with Crippen molar-refractivity contribution in [3.63, 3.8) is 0 Å². The zero-order chi connectivity index (χ0) is 13.5. The minimum absolute atomic E-state index is 0.0946. The van der Waals surface area contributed by atoms with Gasteiger partial charge in [0.2, 0.25) is 5.91 Å². The van der Waals surface area contributed by atoms with Crippen LogP contribution in [0.3, 0.4) is 0 Å². The van der Waals surface area contributed by atoms with Crippen molar-refractivity contribution in [2.45, 2.75) is 26.2 Å². The van der Waals surface area contributed by atoms with Crippen molar-refractivity contribution in [1.29, 1.82) is 0 Å². The molecule has 0 saturated carbocycles. The molecular formula is C15H19BrN2O. The Morgan fingerprint density at radius 1 is 1.26 bits per heavy atom. The maximum Gasteiger partial charge on any atom is 0.233 e. The van der Waals surface area contributed by atoms with Gasteiger partial charge in [-0.05, 0) is 57.0 Å². The standard InChI is InChI=1S/C15H19BrN2O/c1-11-2-3-12(10-13(11)16)18-9-6-15(14(18)19)4-7-17-8-5-15/h2-3,10,17H,4-9H2,1H3. The molecule has 3 rings (SSSR count). The maximum absolute atomic E-state index is 12.8. The molecule has 1 aromatic rings. The van der Waals surface area contributed by atoms with Gasteiger partial charge in [0.05, 0.1) is 5.41 Å². The number of hydrogen-bond donors (Lipinski definition) is 1. The number of halogens is 1. The van der Waals surface area contributed by atoms with Crippen LogP contribution in [-0.2, 0) is 4.79 Å². The Labute approximate surface area is 122 Å². The molecule has 2 heterocycles. The van der Waals surface area contributed by atoms with Crippen LogP contribution in [0, 0.1) is 12.3 Å². The topological polar surface area (TPSA) is 32.3 Å². The Balaban J connectivity index is 1.87. The molecule has 0 aliphatic carbocycles. The normalized spacial score (nSPS) is 22.2. The lowest BCUT2D eigenvalue weighted by Crippen LogP contribution is -2.42. The summed E-state index contributed by atoms with van der Waals surface area (Å²) >= 11 is 3.55. The lowest BCUT2D eigenvalue weighted by atomic mass is 9.78. The zero-order valence-electron chi connectivity index (χ0n) is 11.2. The summed E-state index contributed by atoms with van der Waals surface area (Å²) in [4.78, 5) is 14.7. The summed E-state index contributed by atoms with van der Waals surface area (Å²) in [7, 11) is 0. The fourth-order valence-corrected chi connectivity index (χ4v) is 3.55. The van der Waals surface area contributed by atoms with Crippen LogP contribution < -0.4 is 10.2 Å². The molecule has 2 aliphatic heterocycles. The molecule has 1 spiro atoms. The summed E-state index contributed by atoms with van der Waals surface area (Å²) in [6.45, 7) is 4.86. The van der Waals surface area contributed by atoms with Gasteiger partial charge >= 0.3 is 0 Å². The first-order chi connectivity index (χ1) is 9.12. The molecule has 0 atom stereocenters. The number of amides is 1. The highest BCUT2D eigenvalue weighted by Crippen LogP contribution is 2.42. The highest BCUT2D eigenvalue weighted by Gasteiger charge is 2.47. The molecule has 0 radical (unpaired) electrons. The van der Waals surface area contributed by atoms with Crippen LogP contribution in [0.1, 0.15) is 24.8 Å². The summed E-state index contributed by atoms with van der Waals surface area (Å²) in [5, 5.41) is 3.35. The second kappa shape index (κ2) is 4.91. The van der Waals surface area contributed by atoms with Crippen LogP contribution in [0.2, 0.25) is 0 Å². The SMILES string of the molecule is Cc1ccc(N2CCC3(CCNCC3)C2=O)cc1Br. The van der Waals surface area contributed by atoms with E-state index in [1.54, 1.807) is 0 Å². The van der Waals surface area contributed by atoms with Gasteiger partial charge in [0, 0.05) is 16.7 Å². The number of anilines is 1. The molecule has 4 heteroatoms. The summed E-state index contributed by atoms with van der Waals surface area (Å²) in [5.41, 5.74) is 2.13. The van der Waals surface area contributed by atoms with E-state index in [-0.39, 0.29) is 5.41 Å². The molecular weight excluding hydrogens is 304 g/mol. The molecule has 0 unspecified atom stereocenters. The van der Waals surface area contributed by atoms with Crippen molar-refractivity contribution in [1.82, 2.24) is 5.32 Å². The summed E-state index contributed by atoms with van der Waals surface area (Å²) in [6.07, 6.45) is 2.96. The quantitative estimate of drug-likeness (QED) is 0.862. The first kappa shape index (κ1) is 13.1. The predicted molar refractivity (Wildman–Crippen MR) is 80.4 cm³/mol. The Hall–Kier alpha value is -0.870. The molecule has 0 aromatic heterocycles. The Kier molecular flexibility index (Phi) is 3.39. The van der Waals surface area contributed by atoms with Crippen LogP contribution in [0.4, 0.5) is 5.69 Å². The van der Waals surface area contributed by atoms with E-state index in [0.717, 1.165) is 49.1 Å². The van der Waals surface area contributed by atoms with Crippen molar-refractivity contribution >= 4 is 27.5 Å². The third kappa shape index (κ3) is 2.21. The number of aryl methyl sites for hydroxylation is 1. The number of benzene rings is 1. The first-order valence-electron chi connectivity index (χ1n) is 6.91. The number of carbonyl (C=O) groups excluding carboxylic acids is 1. The fourth-order valence-electron chi connectivity index (χ4n) is 3.19. The van der Waals surface area contributed by atoms with Gasteiger partial charge in [0.15, 0.2) is 0 Å². The first-order valence-corrected chi connectivity index (χ1v) is 7.71. The minimum atomic E-state index is -0.0946. The van der Waals surface area contributed by atoms with Crippen molar-refractivity contribution in [2.24, 2.45) is 5.41 Å². The lowest BCUT2D eigenvalue weighted by Gasteiger charge is -2.32. The molecule has 1 aromatic carbocycles. The van der Waals surface area contributed by atoms with Gasteiger partial charge in [-0.25, -0.2) is 0 Å². The third-order valence-corrected chi connectivity index (χ3v) is 5.39. The molecule has 2 aliphatic rings. The van der Waals surface area contributed by atoms with E-state index >= 15 is 0 Å². The highest BCUT2D eigenvalue weighted by molar-refractivity contribution is 9.10. The number of nitrogens with one attached hydrogen (secondary N) is 1. The van der Waals surface area contributed by atoms with Crippen LogP contribution in [0.25, 0.3) is 0 Å². The van der Waals surface area contributed by atoms with Crippen LogP contribution in [0.5, 0.6) is 0 Å². The van der Waals surface area contributed by atoms with Gasteiger partial charge in [0.1, 0.15) is 0 Å². The van der Waals surface area contributed by atoms with Gasteiger partial charge in [-0.2, -0.15) is 0 Å². The predicted octanol–water partition coefficient (Wildman–Crippen LogP) is 2.86. The second-order valence-corrected chi connectivity index (χ2v) is 6.52. The van der Waals surface area contributed by atoms with Crippen molar-refractivity contribution in [3.8, 4) is 0 Å². The Bertz CT molecular complexity index is 509. The van der Waals surface area contributed by atoms with Gasteiger partial charge in [0.25, 0.3) is 0 Å². The second-order valence-electron chi connectivity index (χ2n) is 5.67. The van der Waals surface area contributed by atoms with Crippen LogP contribution in [-0.4, -0.2) is 25.5 Å². The van der Waals surface area contributed by atoms with E-state index in [1.807, 2.05) is 4.90 Å². The van der Waals surface area contributed by atoms with Crippen molar-refractivity contribution < 1.29 is 4.79 Å². The molecule has 0 bridgehead atoms. The lowest BCUT2D eigenvalue weighted by molar-refractivity contribution is -0.126. The van der Waals surface area contributed by atoms with E-state index in [1.165, 1.54) is 5.56 Å². The van der Waals surface area contributed by atoms with E-state index in [4.69, 9.17) is 0 Å². The molecule has 2 fully saturated rings. The molecule has 1 N–H and O–H groups in total. The third-order valence-electron chi connectivity index (χ3n) is 4.54. The van der Waals surface area contributed by atoms with E-state index in [2.05, 4.69) is 46.4 Å². The van der Waals surface area contributed by atoms with Gasteiger partial charge in [-0.1, -0.05) is 22.0 Å². The summed E-state index contributed by atoms with van der Waals surface area (Å²) in [6, 6.07) is 6.19. The van der Waals surface area contributed by atoms with E-state index in [0.29, 0.717) is 5.91 Å². The van der Waals surface area contributed by atoms with Crippen LogP contribution in [0.15, 0.2) is 22.7 Å². The Morgan fingerprint density at radius 3 is 2.68 bits per heavy atom. The number of carbonyl (C=O) groups is 1. The molecule has 3 nitrogen and oxygen atoms in total. The molecule has 2 saturated heterocycles. The van der Waals surface area contributed by atoms with Gasteiger partial charge in [-0.15, -0.1) is 0 Å². The number of rotatable bonds is 1. The smallest absolute Gasteiger partial charge is 0.233 e. The van der Waals surface area contributed by atoms with E-state index < -0.39 is 0 Å².